The average molecular weight is 528 g/mol. The zero-order valence-corrected chi connectivity index (χ0v) is 22.9. The standard InChI is InChI=1S/C28H41N5O5/c1-5-38-27(37)22-19-12-8-11-18(19)16-33(22)26(36)23(28(2,3)4)32-25(35)21(17-9-6-7-10-17)31-24(34)20-15-29-13-14-30-20/h13-15,17-19,21-23H,5-12,16H2,1-4H3,(H,31,34)(H,32,35)/t18-,19-,21-,22-,23+/m0/s1. The van der Waals surface area contributed by atoms with Crippen molar-refractivity contribution >= 4 is 23.7 Å². The van der Waals surface area contributed by atoms with Gasteiger partial charge in [0, 0.05) is 18.9 Å². The summed E-state index contributed by atoms with van der Waals surface area (Å²) < 4.78 is 5.37. The maximum absolute atomic E-state index is 14.1. The predicted molar refractivity (Wildman–Crippen MR) is 140 cm³/mol. The monoisotopic (exact) mass is 527 g/mol. The van der Waals surface area contributed by atoms with Crippen LogP contribution in [-0.4, -0.2) is 69.8 Å². The summed E-state index contributed by atoms with van der Waals surface area (Å²) in [6.45, 7) is 8.20. The number of aromatic nitrogens is 2. The second-order valence-corrected chi connectivity index (χ2v) is 11.9. The summed E-state index contributed by atoms with van der Waals surface area (Å²) in [5.41, 5.74) is -0.494. The van der Waals surface area contributed by atoms with E-state index in [0.717, 1.165) is 44.9 Å². The van der Waals surface area contributed by atoms with Crippen molar-refractivity contribution in [2.75, 3.05) is 13.2 Å². The molecular weight excluding hydrogens is 486 g/mol. The van der Waals surface area contributed by atoms with Crippen molar-refractivity contribution in [3.8, 4) is 0 Å². The molecule has 3 aliphatic rings. The topological polar surface area (TPSA) is 131 Å². The normalized spacial score (nSPS) is 24.9. The van der Waals surface area contributed by atoms with Gasteiger partial charge in [0.1, 0.15) is 23.8 Å². The van der Waals surface area contributed by atoms with Gasteiger partial charge in [0.15, 0.2) is 0 Å². The Labute approximate surface area is 224 Å². The van der Waals surface area contributed by atoms with E-state index in [1.54, 1.807) is 11.8 Å². The van der Waals surface area contributed by atoms with Crippen LogP contribution in [0.3, 0.4) is 0 Å². The third-order valence-electron chi connectivity index (χ3n) is 8.34. The number of ether oxygens (including phenoxy) is 1. The van der Waals surface area contributed by atoms with Crippen LogP contribution in [0.5, 0.6) is 0 Å². The average Bonchev–Trinajstić information content (AvgIpc) is 3.63. The Balaban J connectivity index is 1.55. The van der Waals surface area contributed by atoms with Crippen LogP contribution in [0.2, 0.25) is 0 Å². The molecule has 1 aliphatic heterocycles. The first kappa shape index (κ1) is 28.0. The highest BCUT2D eigenvalue weighted by Gasteiger charge is 2.52. The van der Waals surface area contributed by atoms with E-state index >= 15 is 0 Å². The van der Waals surface area contributed by atoms with Gasteiger partial charge in [-0.25, -0.2) is 9.78 Å². The molecule has 1 aromatic rings. The van der Waals surface area contributed by atoms with Crippen molar-refractivity contribution in [1.29, 1.82) is 0 Å². The predicted octanol–water partition coefficient (Wildman–Crippen LogP) is 2.49. The first-order valence-corrected chi connectivity index (χ1v) is 14.0. The van der Waals surface area contributed by atoms with E-state index in [1.165, 1.54) is 18.6 Å². The molecule has 0 spiro atoms. The lowest BCUT2D eigenvalue weighted by atomic mass is 9.84. The molecule has 10 nitrogen and oxygen atoms in total. The number of rotatable bonds is 8. The third-order valence-corrected chi connectivity index (χ3v) is 8.34. The number of carbonyl (C=O) groups excluding carboxylic acids is 4. The van der Waals surface area contributed by atoms with E-state index in [0.29, 0.717) is 6.54 Å². The highest BCUT2D eigenvalue weighted by molar-refractivity contribution is 5.98. The molecule has 5 atom stereocenters. The largest absolute Gasteiger partial charge is 0.464 e. The van der Waals surface area contributed by atoms with Crippen molar-refractivity contribution in [2.24, 2.45) is 23.2 Å². The molecule has 3 fully saturated rings. The molecule has 0 aromatic carbocycles. The lowest BCUT2D eigenvalue weighted by Crippen LogP contribution is -2.61. The Bertz CT molecular complexity index is 1020. The van der Waals surface area contributed by atoms with Crippen LogP contribution in [0.15, 0.2) is 18.6 Å². The molecule has 0 bridgehead atoms. The minimum Gasteiger partial charge on any atom is -0.464 e. The van der Waals surface area contributed by atoms with Gasteiger partial charge in [-0.3, -0.25) is 19.4 Å². The van der Waals surface area contributed by atoms with Crippen LogP contribution in [0.25, 0.3) is 0 Å². The number of nitrogens with one attached hydrogen (secondary N) is 2. The number of nitrogens with zero attached hydrogens (tertiary/aromatic N) is 3. The fourth-order valence-electron chi connectivity index (χ4n) is 6.43. The van der Waals surface area contributed by atoms with Gasteiger partial charge in [0.25, 0.3) is 5.91 Å². The van der Waals surface area contributed by atoms with Gasteiger partial charge >= 0.3 is 5.97 Å². The molecular formula is C28H41N5O5. The van der Waals surface area contributed by atoms with E-state index in [-0.39, 0.29) is 41.9 Å². The van der Waals surface area contributed by atoms with Crippen molar-refractivity contribution < 1.29 is 23.9 Å². The quantitative estimate of drug-likeness (QED) is 0.497. The molecule has 0 unspecified atom stereocenters. The Morgan fingerprint density at radius 3 is 2.42 bits per heavy atom. The van der Waals surface area contributed by atoms with Gasteiger partial charge in [-0.15, -0.1) is 0 Å². The van der Waals surface area contributed by atoms with Gasteiger partial charge in [-0.1, -0.05) is 40.0 Å². The molecule has 2 N–H and O–H groups in total. The molecule has 208 valence electrons. The minimum absolute atomic E-state index is 0.0373. The van der Waals surface area contributed by atoms with Crippen LogP contribution in [0, 0.1) is 23.2 Å². The van der Waals surface area contributed by atoms with Crippen molar-refractivity contribution in [3.05, 3.63) is 24.3 Å². The van der Waals surface area contributed by atoms with E-state index in [9.17, 15) is 19.2 Å². The van der Waals surface area contributed by atoms with Crippen LogP contribution in [-0.2, 0) is 19.1 Å². The number of hydrogen-bond donors (Lipinski definition) is 2. The molecule has 4 rings (SSSR count). The second-order valence-electron chi connectivity index (χ2n) is 11.9. The summed E-state index contributed by atoms with van der Waals surface area (Å²) in [7, 11) is 0. The zero-order valence-electron chi connectivity index (χ0n) is 22.9. The number of carbonyl (C=O) groups is 4. The molecule has 0 radical (unpaired) electrons. The minimum atomic E-state index is -0.872. The fourth-order valence-corrected chi connectivity index (χ4v) is 6.43. The Kier molecular flexibility index (Phi) is 8.67. The summed E-state index contributed by atoms with van der Waals surface area (Å²) in [6.07, 6.45) is 10.8. The molecule has 10 heteroatoms. The maximum atomic E-state index is 14.1. The maximum Gasteiger partial charge on any atom is 0.329 e. The summed E-state index contributed by atoms with van der Waals surface area (Å²) in [5, 5.41) is 5.86. The van der Waals surface area contributed by atoms with Gasteiger partial charge in [0.2, 0.25) is 11.8 Å². The van der Waals surface area contributed by atoms with Crippen molar-refractivity contribution in [2.45, 2.75) is 90.8 Å². The lowest BCUT2D eigenvalue weighted by Gasteiger charge is -2.37. The van der Waals surface area contributed by atoms with Crippen molar-refractivity contribution in [3.63, 3.8) is 0 Å². The fraction of sp³-hybridized carbons (Fsp3) is 0.714. The van der Waals surface area contributed by atoms with Crippen molar-refractivity contribution in [1.82, 2.24) is 25.5 Å². The molecule has 2 saturated carbocycles. The second kappa shape index (κ2) is 11.8. The first-order chi connectivity index (χ1) is 18.1. The number of amides is 3. The Morgan fingerprint density at radius 1 is 1.05 bits per heavy atom. The highest BCUT2D eigenvalue weighted by Crippen LogP contribution is 2.43. The van der Waals surface area contributed by atoms with Gasteiger partial charge in [-0.05, 0) is 55.8 Å². The first-order valence-electron chi connectivity index (χ1n) is 14.0. The number of fused-ring (bicyclic) bond motifs is 1. The number of esters is 1. The van der Waals surface area contributed by atoms with Gasteiger partial charge in [-0.2, -0.15) is 0 Å². The summed E-state index contributed by atoms with van der Waals surface area (Å²) >= 11 is 0. The summed E-state index contributed by atoms with van der Waals surface area (Å²) in [6, 6.07) is -2.30. The molecule has 2 heterocycles. The van der Waals surface area contributed by atoms with E-state index < -0.39 is 35.4 Å². The zero-order chi connectivity index (χ0) is 27.4. The van der Waals surface area contributed by atoms with E-state index in [2.05, 4.69) is 20.6 Å². The third kappa shape index (κ3) is 5.99. The molecule has 1 aromatic heterocycles. The van der Waals surface area contributed by atoms with E-state index in [4.69, 9.17) is 4.74 Å². The van der Waals surface area contributed by atoms with Gasteiger partial charge in [0.05, 0.1) is 12.8 Å². The highest BCUT2D eigenvalue weighted by atomic mass is 16.5. The molecule has 3 amide bonds. The Hall–Kier alpha value is -3.04. The van der Waals surface area contributed by atoms with Crippen LogP contribution >= 0.6 is 0 Å². The van der Waals surface area contributed by atoms with Crippen LogP contribution in [0.1, 0.15) is 83.1 Å². The summed E-state index contributed by atoms with van der Waals surface area (Å²) in [5.74, 6) is -1.19. The SMILES string of the molecule is CCOC(=O)[C@@H]1[C@H]2CCC[C@H]2CN1C(=O)[C@@H](NC(=O)[C@@H](NC(=O)c1cnccn1)C1CCCC1)C(C)(C)C. The van der Waals surface area contributed by atoms with Crippen LogP contribution < -0.4 is 10.6 Å². The molecule has 1 saturated heterocycles. The lowest BCUT2D eigenvalue weighted by molar-refractivity contribution is -0.156. The smallest absolute Gasteiger partial charge is 0.329 e. The Morgan fingerprint density at radius 2 is 1.79 bits per heavy atom. The molecule has 2 aliphatic carbocycles. The number of hydrogen-bond acceptors (Lipinski definition) is 7. The van der Waals surface area contributed by atoms with Gasteiger partial charge < -0.3 is 20.3 Å². The number of likely N-dealkylation sites (tertiary alicyclic amines) is 1. The van der Waals surface area contributed by atoms with E-state index in [1.807, 2.05) is 20.8 Å². The molecule has 38 heavy (non-hydrogen) atoms. The summed E-state index contributed by atoms with van der Waals surface area (Å²) in [4.78, 5) is 63.4. The van der Waals surface area contributed by atoms with Crippen LogP contribution in [0.4, 0.5) is 0 Å².